The number of rotatable bonds is 5. The molecule has 0 aliphatic carbocycles. The van der Waals surface area contributed by atoms with Crippen LogP contribution in [0.2, 0.25) is 0 Å². The zero-order chi connectivity index (χ0) is 23.5. The number of morpholine rings is 1. The van der Waals surface area contributed by atoms with E-state index in [-0.39, 0.29) is 24.0 Å². The van der Waals surface area contributed by atoms with Gasteiger partial charge in [0, 0.05) is 50.6 Å². The third kappa shape index (κ3) is 5.75. The van der Waals surface area contributed by atoms with Crippen LogP contribution in [0.15, 0.2) is 34.7 Å². The first-order valence-corrected chi connectivity index (χ1v) is 11.7. The lowest BCUT2D eigenvalue weighted by atomic mass is 10.2. The first-order chi connectivity index (χ1) is 15.8. The molecule has 2 atom stereocenters. The Bertz CT molecular complexity index is 969. The quantitative estimate of drug-likeness (QED) is 0.749. The average molecular weight is 455 g/mol. The normalized spacial score (nSPS) is 21.8. The van der Waals surface area contributed by atoms with E-state index in [1.807, 2.05) is 43.0 Å². The van der Waals surface area contributed by atoms with Gasteiger partial charge in [-0.05, 0) is 58.0 Å². The third-order valence-corrected chi connectivity index (χ3v) is 6.23. The first-order valence-electron chi connectivity index (χ1n) is 11.7. The molecule has 2 aliphatic heterocycles. The molecule has 3 heterocycles. The molecule has 2 fully saturated rings. The molecular weight excluding hydrogens is 420 g/mol. The summed E-state index contributed by atoms with van der Waals surface area (Å²) in [4.78, 5) is 31.5. The summed E-state index contributed by atoms with van der Waals surface area (Å²) in [5.74, 6) is 1.35. The molecule has 0 spiro atoms. The second-order valence-corrected chi connectivity index (χ2v) is 9.15. The Morgan fingerprint density at radius 2 is 1.64 bits per heavy atom. The Morgan fingerprint density at radius 3 is 2.21 bits per heavy atom. The van der Waals surface area contributed by atoms with E-state index in [2.05, 4.69) is 29.0 Å². The maximum Gasteiger partial charge on any atom is 0.257 e. The van der Waals surface area contributed by atoms with Crippen molar-refractivity contribution in [3.8, 4) is 0 Å². The zero-order valence-electron chi connectivity index (χ0n) is 20.0. The van der Waals surface area contributed by atoms with Crippen molar-refractivity contribution < 1.29 is 18.7 Å². The van der Waals surface area contributed by atoms with E-state index >= 15 is 0 Å². The predicted octanol–water partition coefficient (Wildman–Crippen LogP) is 2.91. The van der Waals surface area contributed by atoms with E-state index in [1.165, 1.54) is 0 Å². The van der Waals surface area contributed by atoms with E-state index in [9.17, 15) is 9.59 Å². The fourth-order valence-corrected chi connectivity index (χ4v) is 4.67. The highest BCUT2D eigenvalue weighted by molar-refractivity contribution is 5.95. The molecule has 1 N–H and O–H groups in total. The minimum atomic E-state index is -0.0440. The van der Waals surface area contributed by atoms with E-state index in [0.717, 1.165) is 30.2 Å². The number of nitrogens with zero attached hydrogens (tertiary/aromatic N) is 3. The predicted molar refractivity (Wildman–Crippen MR) is 128 cm³/mol. The minimum absolute atomic E-state index is 0.00223. The molecule has 2 amide bonds. The summed E-state index contributed by atoms with van der Waals surface area (Å²) in [7, 11) is 0. The number of nitrogens with one attached hydrogen (secondary N) is 1. The van der Waals surface area contributed by atoms with Gasteiger partial charge in [0.1, 0.15) is 11.5 Å². The van der Waals surface area contributed by atoms with Gasteiger partial charge in [0.25, 0.3) is 5.91 Å². The van der Waals surface area contributed by atoms with E-state index in [0.29, 0.717) is 44.0 Å². The summed E-state index contributed by atoms with van der Waals surface area (Å²) < 4.78 is 11.3. The number of piperazine rings is 1. The summed E-state index contributed by atoms with van der Waals surface area (Å²) in [5, 5.41) is 2.99. The zero-order valence-corrected chi connectivity index (χ0v) is 20.0. The maximum atomic E-state index is 12.7. The molecule has 0 saturated carbocycles. The number of benzene rings is 1. The molecule has 0 bridgehead atoms. The van der Waals surface area contributed by atoms with Crippen molar-refractivity contribution in [2.45, 2.75) is 39.9 Å². The van der Waals surface area contributed by atoms with Crippen molar-refractivity contribution in [3.05, 3.63) is 47.4 Å². The standard InChI is InChI=1S/C25H34N4O4/c1-17-13-23(20(4)33-17)25(31)28-11-9-27(10-12-28)16-24(30)26-21-5-7-22(8-6-21)29-14-18(2)32-19(3)15-29/h5-8,13,18-19H,9-12,14-16H2,1-4H3,(H,26,30). The summed E-state index contributed by atoms with van der Waals surface area (Å²) in [6.07, 6.45) is 0.411. The molecular formula is C25H34N4O4. The number of hydrogen-bond donors (Lipinski definition) is 1. The second kappa shape index (κ2) is 9.97. The number of carbonyl (C=O) groups excluding carboxylic acids is 2. The van der Waals surface area contributed by atoms with Gasteiger partial charge in [-0.3, -0.25) is 14.5 Å². The molecule has 1 aromatic carbocycles. The topological polar surface area (TPSA) is 78.3 Å². The monoisotopic (exact) mass is 454 g/mol. The van der Waals surface area contributed by atoms with Gasteiger partial charge in [-0.15, -0.1) is 0 Å². The van der Waals surface area contributed by atoms with Crippen LogP contribution in [0.5, 0.6) is 0 Å². The smallest absolute Gasteiger partial charge is 0.257 e. The fourth-order valence-electron chi connectivity index (χ4n) is 4.67. The van der Waals surface area contributed by atoms with Crippen molar-refractivity contribution >= 4 is 23.2 Å². The van der Waals surface area contributed by atoms with Crippen molar-refractivity contribution in [2.24, 2.45) is 0 Å². The van der Waals surface area contributed by atoms with Crippen LogP contribution in [0, 0.1) is 13.8 Å². The van der Waals surface area contributed by atoms with Crippen LogP contribution in [-0.2, 0) is 9.53 Å². The molecule has 178 valence electrons. The largest absolute Gasteiger partial charge is 0.466 e. The summed E-state index contributed by atoms with van der Waals surface area (Å²) >= 11 is 0. The van der Waals surface area contributed by atoms with Crippen molar-refractivity contribution in [3.63, 3.8) is 0 Å². The number of amides is 2. The molecule has 2 aromatic rings. The molecule has 4 rings (SSSR count). The van der Waals surface area contributed by atoms with Crippen molar-refractivity contribution in [2.75, 3.05) is 56.0 Å². The highest BCUT2D eigenvalue weighted by atomic mass is 16.5. The molecule has 8 nitrogen and oxygen atoms in total. The van der Waals surface area contributed by atoms with Crippen LogP contribution in [0.25, 0.3) is 0 Å². The molecule has 0 radical (unpaired) electrons. The Balaban J connectivity index is 1.24. The minimum Gasteiger partial charge on any atom is -0.466 e. The molecule has 2 saturated heterocycles. The summed E-state index contributed by atoms with van der Waals surface area (Å²) in [6, 6.07) is 9.78. The molecule has 2 unspecified atom stereocenters. The van der Waals surface area contributed by atoms with E-state index < -0.39 is 0 Å². The number of furan rings is 1. The van der Waals surface area contributed by atoms with E-state index in [1.54, 1.807) is 6.07 Å². The highest BCUT2D eigenvalue weighted by Gasteiger charge is 2.26. The van der Waals surface area contributed by atoms with E-state index in [4.69, 9.17) is 9.15 Å². The molecule has 8 heteroatoms. The lowest BCUT2D eigenvalue weighted by Crippen LogP contribution is -2.50. The van der Waals surface area contributed by atoms with Gasteiger partial charge in [-0.2, -0.15) is 0 Å². The summed E-state index contributed by atoms with van der Waals surface area (Å²) in [5.41, 5.74) is 2.56. The van der Waals surface area contributed by atoms with Gasteiger partial charge in [0.2, 0.25) is 5.91 Å². The van der Waals surface area contributed by atoms with Crippen molar-refractivity contribution in [1.82, 2.24) is 9.80 Å². The van der Waals surface area contributed by atoms with Gasteiger partial charge >= 0.3 is 0 Å². The lowest BCUT2D eigenvalue weighted by Gasteiger charge is -2.37. The van der Waals surface area contributed by atoms with Crippen LogP contribution in [0.1, 0.15) is 35.7 Å². The second-order valence-electron chi connectivity index (χ2n) is 9.15. The van der Waals surface area contributed by atoms with Crippen molar-refractivity contribution in [1.29, 1.82) is 0 Å². The Hall–Kier alpha value is -2.84. The van der Waals surface area contributed by atoms with Gasteiger partial charge in [-0.1, -0.05) is 0 Å². The fraction of sp³-hybridized carbons (Fsp3) is 0.520. The average Bonchev–Trinajstić information content (AvgIpc) is 3.11. The van der Waals surface area contributed by atoms with Crippen LogP contribution in [0.3, 0.4) is 0 Å². The molecule has 1 aromatic heterocycles. The maximum absolute atomic E-state index is 12.7. The first kappa shape index (κ1) is 23.3. The van der Waals surface area contributed by atoms with Gasteiger partial charge in [-0.25, -0.2) is 0 Å². The Labute approximate surface area is 195 Å². The Morgan fingerprint density at radius 1 is 1.00 bits per heavy atom. The van der Waals surface area contributed by atoms with Crippen LogP contribution in [-0.4, -0.2) is 79.6 Å². The van der Waals surface area contributed by atoms with Gasteiger partial charge in [0.05, 0.1) is 24.3 Å². The van der Waals surface area contributed by atoms with Crippen LogP contribution < -0.4 is 10.2 Å². The number of hydrogen-bond acceptors (Lipinski definition) is 6. The third-order valence-electron chi connectivity index (χ3n) is 6.23. The van der Waals surface area contributed by atoms with Crippen LogP contribution in [0.4, 0.5) is 11.4 Å². The van der Waals surface area contributed by atoms with Gasteiger partial charge < -0.3 is 24.3 Å². The highest BCUT2D eigenvalue weighted by Crippen LogP contribution is 2.22. The lowest BCUT2D eigenvalue weighted by molar-refractivity contribution is -0.117. The number of anilines is 2. The number of carbonyl (C=O) groups is 2. The van der Waals surface area contributed by atoms with Crippen LogP contribution >= 0.6 is 0 Å². The molecule has 2 aliphatic rings. The number of ether oxygens (including phenoxy) is 1. The molecule has 33 heavy (non-hydrogen) atoms. The van der Waals surface area contributed by atoms with Gasteiger partial charge in [0.15, 0.2) is 0 Å². The summed E-state index contributed by atoms with van der Waals surface area (Å²) in [6.45, 7) is 12.4. The number of aryl methyl sites for hydroxylation is 2. The SMILES string of the molecule is Cc1cc(C(=O)N2CCN(CC(=O)Nc3ccc(N4CC(C)OC(C)C4)cc3)CC2)c(C)o1. The Kier molecular flexibility index (Phi) is 7.05.